The number of thioether (sulfide) groups is 1. The molecule has 1 aromatic rings. The summed E-state index contributed by atoms with van der Waals surface area (Å²) in [5.74, 6) is 2.82. The number of hydrogen-bond acceptors (Lipinski definition) is 2. The molecule has 1 nitrogen and oxygen atoms in total. The van der Waals surface area contributed by atoms with E-state index in [0.29, 0.717) is 16.6 Å². The summed E-state index contributed by atoms with van der Waals surface area (Å²) in [6.07, 6.45) is 1.23. The highest BCUT2D eigenvalue weighted by atomic mass is 35.5. The molecular formula is C11H13ClFNS. The maximum atomic E-state index is 13.4. The number of benzene rings is 1. The Bertz CT molecular complexity index is 339. The lowest BCUT2D eigenvalue weighted by Gasteiger charge is -2.11. The minimum absolute atomic E-state index is 0.270. The van der Waals surface area contributed by atoms with Crippen LogP contribution in [0.2, 0.25) is 5.02 Å². The Morgan fingerprint density at radius 2 is 2.40 bits per heavy atom. The highest BCUT2D eigenvalue weighted by Crippen LogP contribution is 2.25. The van der Waals surface area contributed by atoms with Crippen LogP contribution in [0.4, 0.5) is 10.1 Å². The van der Waals surface area contributed by atoms with Crippen molar-refractivity contribution in [3.8, 4) is 0 Å². The molecular weight excluding hydrogens is 233 g/mol. The second-order valence-electron chi connectivity index (χ2n) is 3.73. The van der Waals surface area contributed by atoms with E-state index >= 15 is 0 Å². The topological polar surface area (TPSA) is 12.0 Å². The molecule has 2 rings (SSSR count). The minimum atomic E-state index is -0.270. The molecule has 82 valence electrons. The van der Waals surface area contributed by atoms with Gasteiger partial charge in [0, 0.05) is 11.6 Å². The lowest BCUT2D eigenvalue weighted by molar-refractivity contribution is 0.611. The van der Waals surface area contributed by atoms with Gasteiger partial charge in [-0.2, -0.15) is 11.8 Å². The van der Waals surface area contributed by atoms with E-state index in [1.54, 1.807) is 12.1 Å². The maximum Gasteiger partial charge on any atom is 0.147 e. The average Bonchev–Trinajstić information content (AvgIpc) is 2.69. The highest BCUT2D eigenvalue weighted by molar-refractivity contribution is 7.99. The Hall–Kier alpha value is -0.410. The second kappa shape index (κ2) is 5.08. The van der Waals surface area contributed by atoms with E-state index in [1.807, 2.05) is 11.8 Å². The molecule has 0 amide bonds. The van der Waals surface area contributed by atoms with E-state index in [2.05, 4.69) is 5.32 Å². The molecule has 0 radical (unpaired) electrons. The number of halogens is 2. The Balaban J connectivity index is 1.92. The van der Waals surface area contributed by atoms with Crippen molar-refractivity contribution in [2.24, 2.45) is 5.92 Å². The van der Waals surface area contributed by atoms with Gasteiger partial charge in [-0.15, -0.1) is 0 Å². The largest absolute Gasteiger partial charge is 0.382 e. The third-order valence-electron chi connectivity index (χ3n) is 2.54. The molecule has 1 aromatic carbocycles. The Kier molecular flexibility index (Phi) is 3.76. The summed E-state index contributed by atoms with van der Waals surface area (Å²) in [4.78, 5) is 0. The zero-order chi connectivity index (χ0) is 10.7. The van der Waals surface area contributed by atoms with Crippen molar-refractivity contribution in [1.29, 1.82) is 0 Å². The third kappa shape index (κ3) is 3.02. The molecule has 15 heavy (non-hydrogen) atoms. The van der Waals surface area contributed by atoms with Crippen LogP contribution >= 0.6 is 23.4 Å². The van der Waals surface area contributed by atoms with E-state index in [-0.39, 0.29) is 5.82 Å². The van der Waals surface area contributed by atoms with Gasteiger partial charge in [0.05, 0.1) is 5.69 Å². The van der Waals surface area contributed by atoms with Crippen LogP contribution < -0.4 is 5.32 Å². The highest BCUT2D eigenvalue weighted by Gasteiger charge is 2.15. The fraction of sp³-hybridized carbons (Fsp3) is 0.455. The summed E-state index contributed by atoms with van der Waals surface area (Å²) < 4.78 is 13.4. The first-order chi connectivity index (χ1) is 7.25. The SMILES string of the molecule is Fc1cc(Cl)ccc1NCC1CCSC1. The van der Waals surface area contributed by atoms with E-state index in [0.717, 1.165) is 6.54 Å². The molecule has 0 spiro atoms. The molecule has 0 aromatic heterocycles. The van der Waals surface area contributed by atoms with Crippen LogP contribution in [0.1, 0.15) is 6.42 Å². The molecule has 1 heterocycles. The van der Waals surface area contributed by atoms with E-state index < -0.39 is 0 Å². The minimum Gasteiger partial charge on any atom is -0.382 e. The lowest BCUT2D eigenvalue weighted by atomic mass is 10.1. The van der Waals surface area contributed by atoms with Crippen molar-refractivity contribution >= 4 is 29.1 Å². The molecule has 1 unspecified atom stereocenters. The predicted octanol–water partition coefficient (Wildman–Crippen LogP) is 3.64. The predicted molar refractivity (Wildman–Crippen MR) is 65.3 cm³/mol. The molecule has 1 saturated heterocycles. The normalized spacial score (nSPS) is 20.5. The lowest BCUT2D eigenvalue weighted by Crippen LogP contribution is -2.14. The molecule has 0 aliphatic carbocycles. The molecule has 1 aliphatic heterocycles. The Morgan fingerprint density at radius 3 is 3.07 bits per heavy atom. The maximum absolute atomic E-state index is 13.4. The molecule has 0 saturated carbocycles. The monoisotopic (exact) mass is 245 g/mol. The van der Waals surface area contributed by atoms with Gasteiger partial charge in [-0.25, -0.2) is 4.39 Å². The van der Waals surface area contributed by atoms with Gasteiger partial charge in [-0.05, 0) is 42.0 Å². The van der Waals surface area contributed by atoms with Crippen LogP contribution in [0.5, 0.6) is 0 Å². The Labute approximate surface area is 98.4 Å². The summed E-state index contributed by atoms with van der Waals surface area (Å²) in [6.45, 7) is 0.853. The van der Waals surface area contributed by atoms with Gasteiger partial charge in [0.1, 0.15) is 5.82 Å². The summed E-state index contributed by atoms with van der Waals surface area (Å²) >= 11 is 7.64. The molecule has 1 aliphatic rings. The standard InChI is InChI=1S/C11H13ClFNS/c12-9-1-2-11(10(13)5-9)14-6-8-3-4-15-7-8/h1-2,5,8,14H,3-4,6-7H2. The number of nitrogens with one attached hydrogen (secondary N) is 1. The number of rotatable bonds is 3. The number of anilines is 1. The van der Waals surface area contributed by atoms with Crippen molar-refractivity contribution in [3.05, 3.63) is 29.0 Å². The Morgan fingerprint density at radius 1 is 1.53 bits per heavy atom. The van der Waals surface area contributed by atoms with Crippen molar-refractivity contribution in [2.75, 3.05) is 23.4 Å². The molecule has 1 N–H and O–H groups in total. The quantitative estimate of drug-likeness (QED) is 0.873. The number of hydrogen-bond donors (Lipinski definition) is 1. The summed E-state index contributed by atoms with van der Waals surface area (Å²) in [6, 6.07) is 4.74. The van der Waals surface area contributed by atoms with Gasteiger partial charge in [0.2, 0.25) is 0 Å². The summed E-state index contributed by atoms with van der Waals surface area (Å²) in [7, 11) is 0. The van der Waals surface area contributed by atoms with Gasteiger partial charge < -0.3 is 5.32 Å². The van der Waals surface area contributed by atoms with Gasteiger partial charge in [0.15, 0.2) is 0 Å². The first-order valence-electron chi connectivity index (χ1n) is 5.02. The second-order valence-corrected chi connectivity index (χ2v) is 5.32. The zero-order valence-electron chi connectivity index (χ0n) is 8.30. The molecule has 1 atom stereocenters. The van der Waals surface area contributed by atoms with Crippen LogP contribution in [-0.4, -0.2) is 18.1 Å². The fourth-order valence-electron chi connectivity index (χ4n) is 1.63. The smallest absolute Gasteiger partial charge is 0.147 e. The molecule has 1 fully saturated rings. The van der Waals surface area contributed by atoms with Gasteiger partial charge >= 0.3 is 0 Å². The van der Waals surface area contributed by atoms with E-state index in [1.165, 1.54) is 24.0 Å². The summed E-state index contributed by atoms with van der Waals surface area (Å²) in [5, 5.41) is 3.57. The van der Waals surface area contributed by atoms with Crippen molar-refractivity contribution in [3.63, 3.8) is 0 Å². The average molecular weight is 246 g/mol. The van der Waals surface area contributed by atoms with Gasteiger partial charge in [-0.1, -0.05) is 11.6 Å². The fourth-order valence-corrected chi connectivity index (χ4v) is 3.07. The van der Waals surface area contributed by atoms with Crippen LogP contribution in [-0.2, 0) is 0 Å². The van der Waals surface area contributed by atoms with Crippen LogP contribution in [0, 0.1) is 11.7 Å². The summed E-state index contributed by atoms with van der Waals surface area (Å²) in [5.41, 5.74) is 0.552. The molecule has 0 bridgehead atoms. The first kappa shape index (κ1) is 11.1. The van der Waals surface area contributed by atoms with Crippen LogP contribution in [0.15, 0.2) is 18.2 Å². The van der Waals surface area contributed by atoms with Crippen molar-refractivity contribution in [1.82, 2.24) is 0 Å². The van der Waals surface area contributed by atoms with Crippen molar-refractivity contribution < 1.29 is 4.39 Å². The first-order valence-corrected chi connectivity index (χ1v) is 6.55. The zero-order valence-corrected chi connectivity index (χ0v) is 9.87. The van der Waals surface area contributed by atoms with Gasteiger partial charge in [-0.3, -0.25) is 0 Å². The van der Waals surface area contributed by atoms with E-state index in [4.69, 9.17) is 11.6 Å². The van der Waals surface area contributed by atoms with Crippen LogP contribution in [0.3, 0.4) is 0 Å². The third-order valence-corrected chi connectivity index (χ3v) is 4.00. The van der Waals surface area contributed by atoms with Crippen molar-refractivity contribution in [2.45, 2.75) is 6.42 Å². The molecule has 4 heteroatoms. The van der Waals surface area contributed by atoms with Gasteiger partial charge in [0.25, 0.3) is 0 Å². The van der Waals surface area contributed by atoms with Crippen LogP contribution in [0.25, 0.3) is 0 Å². The van der Waals surface area contributed by atoms with E-state index in [9.17, 15) is 4.39 Å².